The van der Waals surface area contributed by atoms with Crippen LogP contribution in [0.4, 0.5) is 0 Å². The average molecular weight is 944 g/mol. The third kappa shape index (κ3) is 6.96. The summed E-state index contributed by atoms with van der Waals surface area (Å²) in [5.41, 5.74) is 11.6. The van der Waals surface area contributed by atoms with E-state index in [2.05, 4.69) is 199 Å². The molecule has 10 aromatic rings. The topological polar surface area (TPSA) is 35.9 Å². The molecule has 7 aromatic carbocycles. The number of nitrogens with zero attached hydrogens (tertiary/aromatic N) is 4. The molecule has 3 heterocycles. The van der Waals surface area contributed by atoms with Crippen LogP contribution in [0.15, 0.2) is 176 Å². The van der Waals surface area contributed by atoms with Crippen LogP contribution in [-0.4, -0.2) is 14.1 Å². The molecule has 59 heavy (non-hydrogen) atoms. The van der Waals surface area contributed by atoms with Gasteiger partial charge < -0.3 is 13.9 Å². The van der Waals surface area contributed by atoms with E-state index in [1.54, 1.807) is 0 Å². The van der Waals surface area contributed by atoms with Crippen LogP contribution in [0.3, 0.4) is 0 Å². The summed E-state index contributed by atoms with van der Waals surface area (Å²) in [6.07, 6.45) is 5.66. The standard InChI is InChI=1S/C53H40N4O.Pt/c1-36(2)37(3)40-30-31-54-52(32-40)57-48-25-11-10-22-46(48)47-29-28-43(34-51(47)57)58-42-21-14-20-41(33-42)55-35-56(50-27-13-12-26-49(50)55)53-44(38-16-6-4-7-17-38)23-15-24-45(53)39-18-8-5-9-19-39;/h4-32,36-37H,1-3H3;/q-2;. The van der Waals surface area contributed by atoms with Gasteiger partial charge in [0, 0.05) is 44.3 Å². The molecule has 6 heteroatoms. The Bertz CT molecular complexity index is 3040. The minimum Gasteiger partial charge on any atom is -0.510 e. The maximum Gasteiger partial charge on any atom is 0.268 e. The van der Waals surface area contributed by atoms with Crippen molar-refractivity contribution in [3.63, 3.8) is 0 Å². The van der Waals surface area contributed by atoms with Gasteiger partial charge in [-0.2, -0.15) is 18.2 Å². The summed E-state index contributed by atoms with van der Waals surface area (Å²) in [4.78, 5) is 4.86. The summed E-state index contributed by atoms with van der Waals surface area (Å²) in [6.45, 7) is 6.80. The molecule has 1 unspecified atom stereocenters. The van der Waals surface area contributed by atoms with Gasteiger partial charge in [0.05, 0.1) is 16.7 Å². The molecule has 290 valence electrons. The Labute approximate surface area is 359 Å². The van der Waals surface area contributed by atoms with Crippen molar-refractivity contribution in [2.45, 2.75) is 26.7 Å². The fraction of sp³-hybridized carbons (Fsp3) is 0.0943. The average Bonchev–Trinajstić information content (AvgIpc) is 3.82. The van der Waals surface area contributed by atoms with Crippen LogP contribution in [0.2, 0.25) is 0 Å². The number of benzene rings is 7. The van der Waals surface area contributed by atoms with E-state index in [0.29, 0.717) is 23.3 Å². The van der Waals surface area contributed by atoms with Crippen molar-refractivity contribution in [1.29, 1.82) is 0 Å². The van der Waals surface area contributed by atoms with E-state index in [4.69, 9.17) is 9.72 Å². The van der Waals surface area contributed by atoms with Crippen LogP contribution >= 0.6 is 0 Å². The minimum atomic E-state index is 0. The maximum atomic E-state index is 6.61. The zero-order valence-electron chi connectivity index (χ0n) is 32.9. The molecule has 10 rings (SSSR count). The molecule has 0 radical (unpaired) electrons. The predicted molar refractivity (Wildman–Crippen MR) is 234 cm³/mol. The summed E-state index contributed by atoms with van der Waals surface area (Å²) in [7, 11) is 0. The quantitative estimate of drug-likeness (QED) is 0.107. The largest absolute Gasteiger partial charge is 0.510 e. The van der Waals surface area contributed by atoms with Gasteiger partial charge in [-0.25, -0.2) is 4.98 Å². The third-order valence-corrected chi connectivity index (χ3v) is 11.3. The molecule has 0 aliphatic rings. The zero-order valence-corrected chi connectivity index (χ0v) is 35.2. The van der Waals surface area contributed by atoms with Crippen LogP contribution in [0.25, 0.3) is 72.3 Å². The zero-order chi connectivity index (χ0) is 39.2. The van der Waals surface area contributed by atoms with Crippen molar-refractivity contribution in [3.8, 4) is 50.9 Å². The van der Waals surface area contributed by atoms with E-state index in [9.17, 15) is 0 Å². The first-order chi connectivity index (χ1) is 28.5. The second kappa shape index (κ2) is 16.0. The van der Waals surface area contributed by atoms with Gasteiger partial charge in [0.1, 0.15) is 5.82 Å². The van der Waals surface area contributed by atoms with Crippen LogP contribution in [0, 0.1) is 24.4 Å². The Hall–Kier alpha value is -6.55. The fourth-order valence-corrected chi connectivity index (χ4v) is 8.03. The van der Waals surface area contributed by atoms with Crippen molar-refractivity contribution in [1.82, 2.24) is 14.1 Å². The van der Waals surface area contributed by atoms with Gasteiger partial charge in [-0.15, -0.1) is 29.7 Å². The van der Waals surface area contributed by atoms with E-state index in [0.717, 1.165) is 72.3 Å². The minimum absolute atomic E-state index is 0. The maximum absolute atomic E-state index is 6.61. The summed E-state index contributed by atoms with van der Waals surface area (Å²) >= 11 is 0. The molecular formula is C53H40N4OPt-2. The molecule has 0 saturated carbocycles. The van der Waals surface area contributed by atoms with E-state index < -0.39 is 0 Å². The van der Waals surface area contributed by atoms with Crippen molar-refractivity contribution < 1.29 is 30.4 Å². The second-order valence-electron chi connectivity index (χ2n) is 15.1. The Morgan fingerprint density at radius 2 is 1.24 bits per heavy atom. The number of hydrogen-bond acceptors (Lipinski definition) is 2. The molecule has 0 saturated heterocycles. The van der Waals surface area contributed by atoms with Crippen LogP contribution in [-0.2, 0) is 21.1 Å². The van der Waals surface area contributed by atoms with E-state index >= 15 is 0 Å². The van der Waals surface area contributed by atoms with Crippen molar-refractivity contribution in [3.05, 3.63) is 200 Å². The molecule has 3 aromatic heterocycles. The van der Waals surface area contributed by atoms with Gasteiger partial charge in [0.25, 0.3) is 6.33 Å². The molecule has 0 amide bonds. The molecule has 0 N–H and O–H groups in total. The molecule has 5 nitrogen and oxygen atoms in total. The molecule has 0 aliphatic carbocycles. The number of rotatable bonds is 9. The Morgan fingerprint density at radius 3 is 1.97 bits per heavy atom. The normalized spacial score (nSPS) is 11.9. The Morgan fingerprint density at radius 1 is 0.593 bits per heavy atom. The third-order valence-electron chi connectivity index (χ3n) is 11.3. The summed E-state index contributed by atoms with van der Waals surface area (Å²) in [5, 5.41) is 2.24. The molecular weight excluding hydrogens is 904 g/mol. The monoisotopic (exact) mass is 943 g/mol. The fourth-order valence-electron chi connectivity index (χ4n) is 8.03. The van der Waals surface area contributed by atoms with Gasteiger partial charge in [-0.1, -0.05) is 148 Å². The summed E-state index contributed by atoms with van der Waals surface area (Å²) < 4.78 is 13.1. The van der Waals surface area contributed by atoms with Crippen molar-refractivity contribution in [2.24, 2.45) is 5.92 Å². The van der Waals surface area contributed by atoms with Crippen LogP contribution < -0.4 is 9.30 Å². The first-order valence-electron chi connectivity index (χ1n) is 19.8. The van der Waals surface area contributed by atoms with Crippen molar-refractivity contribution in [2.75, 3.05) is 0 Å². The molecule has 0 spiro atoms. The van der Waals surface area contributed by atoms with E-state index in [1.165, 1.54) is 5.56 Å². The van der Waals surface area contributed by atoms with Gasteiger partial charge >= 0.3 is 0 Å². The van der Waals surface area contributed by atoms with E-state index in [1.807, 2.05) is 30.5 Å². The van der Waals surface area contributed by atoms with Crippen LogP contribution in [0.5, 0.6) is 11.5 Å². The first kappa shape index (κ1) is 38.0. The second-order valence-corrected chi connectivity index (χ2v) is 15.1. The number of imidazole rings is 1. The van der Waals surface area contributed by atoms with Crippen LogP contribution in [0.1, 0.15) is 32.3 Å². The number of aromatic nitrogens is 4. The smallest absolute Gasteiger partial charge is 0.268 e. The number of fused-ring (bicyclic) bond motifs is 4. The summed E-state index contributed by atoms with van der Waals surface area (Å²) in [6, 6.07) is 66.1. The number of pyridine rings is 1. The molecule has 1 atom stereocenters. The Kier molecular flexibility index (Phi) is 10.3. The molecule has 0 aliphatic heterocycles. The molecule has 0 fully saturated rings. The molecule has 0 bridgehead atoms. The van der Waals surface area contributed by atoms with Gasteiger partial charge in [-0.05, 0) is 68.9 Å². The predicted octanol–water partition coefficient (Wildman–Crippen LogP) is 12.7. The van der Waals surface area contributed by atoms with Gasteiger partial charge in [-0.3, -0.25) is 4.57 Å². The summed E-state index contributed by atoms with van der Waals surface area (Å²) in [5.74, 6) is 2.95. The first-order valence-corrected chi connectivity index (χ1v) is 19.8. The van der Waals surface area contributed by atoms with E-state index in [-0.39, 0.29) is 21.1 Å². The number of ether oxygens (including phenoxy) is 1. The SMILES string of the molecule is CC(C)C(C)c1ccnc(-n2c3[c-]c(Oc4[c-]c(-n5[c-][n+](-c6c(-c7ccccc7)cccc6-c6ccccc6)c6ccccc65)ccc4)ccc3c3ccccc32)c1.[Pt]. The van der Waals surface area contributed by atoms with Crippen molar-refractivity contribution >= 4 is 32.8 Å². The Balaban J connectivity index is 0.00000449. The number of para-hydroxylation sites is 4. The number of hydrogen-bond donors (Lipinski definition) is 0. The van der Waals surface area contributed by atoms with Gasteiger partial charge in [0.2, 0.25) is 0 Å². The van der Waals surface area contributed by atoms with Gasteiger partial charge in [0.15, 0.2) is 0 Å².